The third-order valence-electron chi connectivity index (χ3n) is 3.93. The summed E-state index contributed by atoms with van der Waals surface area (Å²) in [5, 5.41) is 21.8. The Morgan fingerprint density at radius 3 is 2.84 bits per heavy atom. The smallest absolute Gasteiger partial charge is 0.345 e. The molecule has 2 unspecified atom stereocenters. The Bertz CT molecular complexity index is 444. The second kappa shape index (κ2) is 6.50. The van der Waals surface area contributed by atoms with Gasteiger partial charge in [-0.2, -0.15) is 0 Å². The highest BCUT2D eigenvalue weighted by molar-refractivity contribution is 7.14. The van der Waals surface area contributed by atoms with Crippen LogP contribution in [0.2, 0.25) is 0 Å². The standard InChI is InChI=1S/C14H21NO3S/c1-9-11(6-13(19-9)14(17)18)7-15-12-5-3-2-4-10(12)8-16/h6,10,12,15-16H,2-5,7-8H2,1H3,(H,17,18). The maximum atomic E-state index is 10.9. The Hall–Kier alpha value is -0.910. The van der Waals surface area contributed by atoms with E-state index in [1.807, 2.05) is 6.92 Å². The monoisotopic (exact) mass is 283 g/mol. The summed E-state index contributed by atoms with van der Waals surface area (Å²) in [6.07, 6.45) is 4.58. The number of aryl methyl sites for hydroxylation is 1. The van der Waals surface area contributed by atoms with E-state index in [9.17, 15) is 9.90 Å². The lowest BCUT2D eigenvalue weighted by atomic mass is 9.85. The van der Waals surface area contributed by atoms with Crippen molar-refractivity contribution < 1.29 is 15.0 Å². The molecule has 1 aliphatic rings. The molecule has 1 aromatic heterocycles. The van der Waals surface area contributed by atoms with Crippen LogP contribution in [0.5, 0.6) is 0 Å². The number of aliphatic hydroxyl groups is 1. The minimum atomic E-state index is -0.856. The average Bonchev–Trinajstić information content (AvgIpc) is 2.78. The molecule has 0 aromatic carbocycles. The first kappa shape index (κ1) is 14.5. The Balaban J connectivity index is 1.96. The quantitative estimate of drug-likeness (QED) is 0.776. The molecule has 0 saturated heterocycles. The number of aliphatic hydroxyl groups excluding tert-OH is 1. The van der Waals surface area contributed by atoms with Gasteiger partial charge in [0.2, 0.25) is 0 Å². The van der Waals surface area contributed by atoms with Gasteiger partial charge < -0.3 is 15.5 Å². The number of rotatable bonds is 5. The molecule has 1 heterocycles. The topological polar surface area (TPSA) is 69.6 Å². The molecule has 0 amide bonds. The van der Waals surface area contributed by atoms with Gasteiger partial charge in [-0.1, -0.05) is 12.8 Å². The number of carboxylic acid groups (broad SMARTS) is 1. The molecular formula is C14H21NO3S. The average molecular weight is 283 g/mol. The summed E-state index contributed by atoms with van der Waals surface area (Å²) in [4.78, 5) is 12.4. The van der Waals surface area contributed by atoms with E-state index in [-0.39, 0.29) is 6.61 Å². The van der Waals surface area contributed by atoms with Gasteiger partial charge in [0.1, 0.15) is 4.88 Å². The molecule has 4 nitrogen and oxygen atoms in total. The van der Waals surface area contributed by atoms with Crippen LogP contribution in [0.4, 0.5) is 0 Å². The van der Waals surface area contributed by atoms with Gasteiger partial charge in [-0.05, 0) is 37.3 Å². The first-order valence-corrected chi connectivity index (χ1v) is 7.60. The summed E-state index contributed by atoms with van der Waals surface area (Å²) in [6, 6.07) is 2.11. The van der Waals surface area contributed by atoms with Crippen LogP contribution in [0.3, 0.4) is 0 Å². The summed E-state index contributed by atoms with van der Waals surface area (Å²) in [5.74, 6) is -0.517. The summed E-state index contributed by atoms with van der Waals surface area (Å²) in [6.45, 7) is 2.88. The SMILES string of the molecule is Cc1sc(C(=O)O)cc1CNC1CCCCC1CO. The summed E-state index contributed by atoms with van der Waals surface area (Å²) in [7, 11) is 0. The lowest BCUT2D eigenvalue weighted by Gasteiger charge is -2.31. The number of aromatic carboxylic acids is 1. The summed E-state index contributed by atoms with van der Waals surface area (Å²) < 4.78 is 0. The predicted molar refractivity (Wildman–Crippen MR) is 75.7 cm³/mol. The predicted octanol–water partition coefficient (Wildman–Crippen LogP) is 2.40. The molecule has 0 aliphatic heterocycles. The van der Waals surface area contributed by atoms with Crippen LogP contribution < -0.4 is 5.32 Å². The van der Waals surface area contributed by atoms with Gasteiger partial charge in [-0.25, -0.2) is 4.79 Å². The van der Waals surface area contributed by atoms with Crippen molar-refractivity contribution in [3.63, 3.8) is 0 Å². The molecule has 2 rings (SSSR count). The number of thiophene rings is 1. The van der Waals surface area contributed by atoms with Crippen LogP contribution in [0.15, 0.2) is 6.07 Å². The number of carbonyl (C=O) groups is 1. The molecule has 19 heavy (non-hydrogen) atoms. The van der Waals surface area contributed by atoms with Crippen molar-refractivity contribution in [2.45, 2.75) is 45.2 Å². The van der Waals surface area contributed by atoms with Gasteiger partial charge >= 0.3 is 5.97 Å². The molecule has 106 valence electrons. The Morgan fingerprint density at radius 1 is 1.47 bits per heavy atom. The van der Waals surface area contributed by atoms with E-state index in [0.29, 0.717) is 23.4 Å². The van der Waals surface area contributed by atoms with Gasteiger partial charge in [0.15, 0.2) is 0 Å². The summed E-state index contributed by atoms with van der Waals surface area (Å²) >= 11 is 1.33. The van der Waals surface area contributed by atoms with Crippen molar-refractivity contribution in [3.05, 3.63) is 21.4 Å². The zero-order chi connectivity index (χ0) is 13.8. The Kier molecular flexibility index (Phi) is 4.96. The first-order chi connectivity index (χ1) is 9.11. The van der Waals surface area contributed by atoms with Gasteiger partial charge in [0, 0.05) is 24.1 Å². The highest BCUT2D eigenvalue weighted by Crippen LogP contribution is 2.26. The van der Waals surface area contributed by atoms with Gasteiger partial charge in [-0.15, -0.1) is 11.3 Å². The molecule has 1 aromatic rings. The molecule has 0 spiro atoms. The lowest BCUT2D eigenvalue weighted by Crippen LogP contribution is -2.39. The van der Waals surface area contributed by atoms with Crippen molar-refractivity contribution in [2.24, 2.45) is 5.92 Å². The third-order valence-corrected chi connectivity index (χ3v) is 5.01. The Morgan fingerprint density at radius 2 is 2.21 bits per heavy atom. The fourth-order valence-electron chi connectivity index (χ4n) is 2.74. The van der Waals surface area contributed by atoms with Crippen molar-refractivity contribution in [2.75, 3.05) is 6.61 Å². The second-order valence-corrected chi connectivity index (χ2v) is 6.47. The highest BCUT2D eigenvalue weighted by atomic mass is 32.1. The fourth-order valence-corrected chi connectivity index (χ4v) is 3.62. The van der Waals surface area contributed by atoms with Gasteiger partial charge in [0.25, 0.3) is 0 Å². The fraction of sp³-hybridized carbons (Fsp3) is 0.643. The van der Waals surface area contributed by atoms with Gasteiger partial charge in [0.05, 0.1) is 0 Å². The normalized spacial score (nSPS) is 23.5. The molecule has 1 saturated carbocycles. The van der Waals surface area contributed by atoms with Crippen LogP contribution >= 0.6 is 11.3 Å². The highest BCUT2D eigenvalue weighted by Gasteiger charge is 2.24. The first-order valence-electron chi connectivity index (χ1n) is 6.78. The summed E-state index contributed by atoms with van der Waals surface area (Å²) in [5.41, 5.74) is 1.06. The molecule has 3 N–H and O–H groups in total. The zero-order valence-corrected chi connectivity index (χ0v) is 12.0. The van der Waals surface area contributed by atoms with Crippen LogP contribution in [0, 0.1) is 12.8 Å². The van der Waals surface area contributed by atoms with Crippen molar-refractivity contribution in [3.8, 4) is 0 Å². The Labute approximate surface area is 117 Å². The van der Waals surface area contributed by atoms with Crippen LogP contribution in [-0.2, 0) is 6.54 Å². The van der Waals surface area contributed by atoms with E-state index in [0.717, 1.165) is 23.3 Å². The molecule has 1 aliphatic carbocycles. The minimum Gasteiger partial charge on any atom is -0.477 e. The van der Waals surface area contributed by atoms with E-state index in [1.165, 1.54) is 24.2 Å². The zero-order valence-electron chi connectivity index (χ0n) is 11.2. The lowest BCUT2D eigenvalue weighted by molar-refractivity contribution is 0.0702. The number of carboxylic acids is 1. The number of hydrogen-bond donors (Lipinski definition) is 3. The van der Waals surface area contributed by atoms with E-state index >= 15 is 0 Å². The molecule has 1 fully saturated rings. The van der Waals surface area contributed by atoms with E-state index in [1.54, 1.807) is 6.07 Å². The minimum absolute atomic E-state index is 0.237. The third kappa shape index (κ3) is 3.55. The molecule has 5 heteroatoms. The number of nitrogens with one attached hydrogen (secondary N) is 1. The van der Waals surface area contributed by atoms with E-state index in [2.05, 4.69) is 5.32 Å². The van der Waals surface area contributed by atoms with Crippen LogP contribution in [0.1, 0.15) is 45.8 Å². The molecule has 0 radical (unpaired) electrons. The van der Waals surface area contributed by atoms with Crippen molar-refractivity contribution in [1.82, 2.24) is 5.32 Å². The molecule has 0 bridgehead atoms. The van der Waals surface area contributed by atoms with Crippen molar-refractivity contribution in [1.29, 1.82) is 0 Å². The van der Waals surface area contributed by atoms with Gasteiger partial charge in [-0.3, -0.25) is 0 Å². The maximum Gasteiger partial charge on any atom is 0.345 e. The molecular weight excluding hydrogens is 262 g/mol. The van der Waals surface area contributed by atoms with Crippen molar-refractivity contribution >= 4 is 17.3 Å². The second-order valence-electron chi connectivity index (χ2n) is 5.21. The maximum absolute atomic E-state index is 10.9. The van der Waals surface area contributed by atoms with E-state index in [4.69, 9.17) is 5.11 Å². The molecule has 2 atom stereocenters. The van der Waals surface area contributed by atoms with Crippen LogP contribution in [0.25, 0.3) is 0 Å². The van der Waals surface area contributed by atoms with E-state index < -0.39 is 5.97 Å². The largest absolute Gasteiger partial charge is 0.477 e. The van der Waals surface area contributed by atoms with Crippen LogP contribution in [-0.4, -0.2) is 28.8 Å². The number of hydrogen-bond acceptors (Lipinski definition) is 4.